The van der Waals surface area contributed by atoms with Crippen LogP contribution in [0.3, 0.4) is 0 Å². The number of unbranched alkanes of at least 4 members (excludes halogenated alkanes) is 4. The summed E-state index contributed by atoms with van der Waals surface area (Å²) >= 11 is 0. The van der Waals surface area contributed by atoms with Crippen molar-refractivity contribution in [1.29, 1.82) is 0 Å². The molecule has 0 radical (unpaired) electrons. The van der Waals surface area contributed by atoms with E-state index in [4.69, 9.17) is 27.3 Å². The molecule has 3 aromatic rings. The monoisotopic (exact) mass is 1520 g/mol. The molecule has 38 heteroatoms. The first-order chi connectivity index (χ1) is 49.8. The molecule has 6 bridgehead atoms. The van der Waals surface area contributed by atoms with E-state index in [0.29, 0.717) is 91.3 Å². The summed E-state index contributed by atoms with van der Waals surface area (Å²) in [6.45, 7) is 29.4. The third-order valence-electron chi connectivity index (χ3n) is 20.6. The number of rotatable bonds is 28. The Morgan fingerprint density at radius 2 is 0.943 bits per heavy atom. The molecule has 9 aliphatic rings. The third kappa shape index (κ3) is 22.7. The quantitative estimate of drug-likeness (QED) is 0.0227. The highest BCUT2D eigenvalue weighted by molar-refractivity contribution is 7.81. The van der Waals surface area contributed by atoms with E-state index in [1.165, 1.54) is 91.8 Å². The number of hydroxylamine groups is 6. The number of hydrogen-bond donors (Lipinski definition) is 4. The minimum absolute atomic E-state index is 0.0190. The van der Waals surface area contributed by atoms with E-state index in [0.717, 1.165) is 75.9 Å². The van der Waals surface area contributed by atoms with Gasteiger partial charge in [-0.25, -0.2) is 37.5 Å². The van der Waals surface area contributed by atoms with Crippen LogP contribution in [0.2, 0.25) is 0 Å². The number of urea groups is 3. The number of carbonyl (C=O) groups excluding carboxylic acids is 5. The number of quaternary nitrogens is 1. The van der Waals surface area contributed by atoms with Crippen LogP contribution < -0.4 is 10.6 Å². The number of hydrogen-bond acceptors (Lipinski definition) is 26. The summed E-state index contributed by atoms with van der Waals surface area (Å²) in [5, 5.41) is 43.0. The van der Waals surface area contributed by atoms with Crippen molar-refractivity contribution in [2.75, 3.05) is 58.9 Å². The van der Waals surface area contributed by atoms with Gasteiger partial charge in [-0.2, -0.15) is 22.8 Å². The van der Waals surface area contributed by atoms with Crippen LogP contribution in [-0.2, 0) is 58.5 Å². The first kappa shape index (κ1) is 82.4. The SMILES string of the molecule is CC(C)(C)OC(=O)N(Cc1nnc([C@@H]2CC[C@@H]3CN2C(=O)N3O)o1)C1CCCC1.CC(C)(C)OC(=O)N(Cc1nnc([C@@H]2CC[C@@H]3CN2C(=O)N3OS(=O)(=O)[O-])o1)C1CCCC1.CCCC[N+](CCCC)(CCCC)CCCC.O=C1N2C[C@@H](CC[C@H]2c2nnc(CN[C@H]3CCNC3)o2)N1OS(=O)(=O)O. The molecule has 2 saturated carbocycles. The molecule has 592 valence electrons. The lowest BCUT2D eigenvalue weighted by Gasteiger charge is -2.39. The van der Waals surface area contributed by atoms with Crippen LogP contribution in [0.4, 0.5) is 24.0 Å². The molecule has 7 atom stereocenters. The smallest absolute Gasteiger partial charge is 0.418 e. The molecule has 7 aliphatic heterocycles. The molecule has 10 heterocycles. The van der Waals surface area contributed by atoms with Crippen molar-refractivity contribution in [1.82, 2.24) is 80.9 Å². The molecular weight excluding hydrogens is 1410 g/mol. The van der Waals surface area contributed by atoms with Crippen molar-refractivity contribution in [2.45, 2.75) is 302 Å². The Labute approximate surface area is 616 Å². The number of carbonyl (C=O) groups is 5. The number of ether oxygens (including phenoxy) is 2. The van der Waals surface area contributed by atoms with Crippen molar-refractivity contribution in [3.05, 3.63) is 35.3 Å². The fourth-order valence-corrected chi connectivity index (χ4v) is 16.0. The van der Waals surface area contributed by atoms with Crippen LogP contribution in [-0.4, -0.2) is 243 Å². The lowest BCUT2D eigenvalue weighted by Crippen LogP contribution is -2.50. The number of fused-ring (bicyclic) bond motifs is 6. The Bertz CT molecular complexity index is 3520. The van der Waals surface area contributed by atoms with Gasteiger partial charge in [-0.3, -0.25) is 19.6 Å². The van der Waals surface area contributed by atoms with Gasteiger partial charge in [-0.1, -0.05) is 79.1 Å². The highest BCUT2D eigenvalue weighted by Crippen LogP contribution is 2.42. The summed E-state index contributed by atoms with van der Waals surface area (Å²) in [6, 6.07) is -3.89. The Kier molecular flexibility index (Phi) is 28.6. The van der Waals surface area contributed by atoms with E-state index >= 15 is 0 Å². The van der Waals surface area contributed by atoms with Crippen LogP contribution >= 0.6 is 0 Å². The Morgan fingerprint density at radius 1 is 0.562 bits per heavy atom. The third-order valence-corrected chi connectivity index (χ3v) is 21.3. The maximum Gasteiger partial charge on any atom is 0.418 e. The molecule has 4 N–H and O–H groups in total. The van der Waals surface area contributed by atoms with Crippen LogP contribution in [0, 0.1) is 0 Å². The second-order valence-corrected chi connectivity index (χ2v) is 32.9. The summed E-state index contributed by atoms with van der Waals surface area (Å²) in [6.07, 6.45) is 22.2. The van der Waals surface area contributed by atoms with Crippen LogP contribution in [0.5, 0.6) is 0 Å². The first-order valence-corrected chi connectivity index (χ1v) is 40.5. The minimum atomic E-state index is -5.07. The van der Waals surface area contributed by atoms with Gasteiger partial charge in [0.15, 0.2) is 0 Å². The number of amides is 8. The van der Waals surface area contributed by atoms with Gasteiger partial charge in [-0.15, -0.1) is 34.9 Å². The average Bonchev–Trinajstić information content (AvgIpc) is 1.64. The lowest BCUT2D eigenvalue weighted by atomic mass is 10.0. The maximum atomic E-state index is 12.8. The van der Waals surface area contributed by atoms with Gasteiger partial charge in [-0.05, 0) is 144 Å². The van der Waals surface area contributed by atoms with Crippen LogP contribution in [0.25, 0.3) is 0 Å². The second kappa shape index (κ2) is 36.5. The summed E-state index contributed by atoms with van der Waals surface area (Å²) in [5.74, 6) is 1.81. The molecular formula is C67H113N17O19S2. The predicted molar refractivity (Wildman–Crippen MR) is 373 cm³/mol. The first-order valence-electron chi connectivity index (χ1n) is 37.8. The fraction of sp³-hybridized carbons (Fsp3) is 0.836. The maximum absolute atomic E-state index is 12.8. The Balaban J connectivity index is 0.000000166. The van der Waals surface area contributed by atoms with Crippen molar-refractivity contribution in [3.63, 3.8) is 0 Å². The van der Waals surface area contributed by atoms with Crippen molar-refractivity contribution < 1.29 is 90.9 Å². The molecule has 9 fully saturated rings. The molecule has 0 unspecified atom stereocenters. The predicted octanol–water partition coefficient (Wildman–Crippen LogP) is 9.36. The number of aromatic nitrogens is 6. The number of nitrogens with one attached hydrogen (secondary N) is 2. The average molecular weight is 1520 g/mol. The van der Waals surface area contributed by atoms with E-state index in [9.17, 15) is 50.6 Å². The topological polar surface area (TPSA) is 421 Å². The molecule has 36 nitrogen and oxygen atoms in total. The second-order valence-electron chi connectivity index (χ2n) is 30.9. The largest absolute Gasteiger partial charge is 0.724 e. The van der Waals surface area contributed by atoms with Gasteiger partial charge in [0.05, 0.1) is 50.8 Å². The summed E-state index contributed by atoms with van der Waals surface area (Å²) in [7, 11) is -9.83. The molecule has 105 heavy (non-hydrogen) atoms. The van der Waals surface area contributed by atoms with Gasteiger partial charge < -0.3 is 57.1 Å². The van der Waals surface area contributed by atoms with Gasteiger partial charge in [0, 0.05) is 44.3 Å². The minimum Gasteiger partial charge on any atom is -0.724 e. The van der Waals surface area contributed by atoms with E-state index < -0.39 is 80.4 Å². The Hall–Kier alpha value is -6.65. The van der Waals surface area contributed by atoms with Crippen LogP contribution in [0.15, 0.2) is 13.3 Å². The van der Waals surface area contributed by atoms with E-state index in [1.807, 2.05) is 20.8 Å². The molecule has 0 aromatic carbocycles. The fourth-order valence-electron chi connectivity index (χ4n) is 15.2. The van der Waals surface area contributed by atoms with Gasteiger partial charge >= 0.3 is 40.7 Å². The van der Waals surface area contributed by atoms with Gasteiger partial charge in [0.1, 0.15) is 42.4 Å². The molecule has 12 rings (SSSR count). The van der Waals surface area contributed by atoms with Crippen molar-refractivity contribution >= 4 is 51.1 Å². The molecule has 7 saturated heterocycles. The molecule has 2 aliphatic carbocycles. The van der Waals surface area contributed by atoms with Gasteiger partial charge in [0.25, 0.3) is 0 Å². The highest BCUT2D eigenvalue weighted by atomic mass is 32.3. The zero-order valence-corrected chi connectivity index (χ0v) is 64.4. The van der Waals surface area contributed by atoms with Gasteiger partial charge in [0.2, 0.25) is 45.7 Å². The zero-order valence-electron chi connectivity index (χ0n) is 62.8. The number of piperidine rings is 3. The van der Waals surface area contributed by atoms with Crippen molar-refractivity contribution in [2.24, 2.45) is 0 Å². The summed E-state index contributed by atoms with van der Waals surface area (Å²) in [4.78, 5) is 70.4. The summed E-state index contributed by atoms with van der Waals surface area (Å²) < 4.78 is 102. The van der Waals surface area contributed by atoms with E-state index in [2.05, 4.69) is 77.5 Å². The zero-order chi connectivity index (χ0) is 76.0. The Morgan fingerprint density at radius 3 is 1.32 bits per heavy atom. The van der Waals surface area contributed by atoms with E-state index in [-0.39, 0.29) is 68.2 Å². The lowest BCUT2D eigenvalue weighted by molar-refractivity contribution is -0.929. The van der Waals surface area contributed by atoms with Crippen molar-refractivity contribution in [3.8, 4) is 0 Å². The molecule has 0 spiro atoms. The normalized spacial score (nSPS) is 23.6. The molecule has 3 aromatic heterocycles. The summed E-state index contributed by atoms with van der Waals surface area (Å²) in [5.41, 5.74) is -1.23. The molecule has 8 amide bonds. The highest BCUT2D eigenvalue weighted by Gasteiger charge is 2.52. The number of nitrogens with zero attached hydrogens (tertiary/aromatic N) is 15. The van der Waals surface area contributed by atoms with E-state index in [1.54, 1.807) is 35.5 Å². The standard InChI is InChI=1S/C19H29N5O8S.C19H29N5O5.C16H36N.C13H20N6O6S/c1-19(2,3)31-18(26)22(12-6-4-5-7-12)11-15-20-21-16(30-15)14-9-8-13-10-23(14)17(25)24(13)32-33(27,28)29;1-19(2,3)29-18(26)22(12-6-4-5-7-12)11-15-20-21-16(28-15)14-9-8-13-10-23(14)17(25)24(13)27;1-5-9-13-17(14-10-6-2,15-11-7-3)16-12-8-4;20-13-18-7-9(19(13)25-26(21,22)23)1-2-10(18)12-17-16-11(24-12)6-15-8-3-4-14-5-8/h12-14H,4-11H2,1-3H3,(H,27,28,29);12-14,27H,4-11H2,1-3H3;5-16H2,1-4H3;8-10,14-15H,1-7H2,(H,21,22,23)/q;;+1;/p-1/t2*13-,14+;;8-,9+,10-/m11.0/s1. The van der Waals surface area contributed by atoms with Crippen LogP contribution in [0.1, 0.15) is 270 Å².